The summed E-state index contributed by atoms with van der Waals surface area (Å²) in [5, 5.41) is 8.61. The number of rotatable bonds is 6. The molecule has 1 aromatic carbocycles. The van der Waals surface area contributed by atoms with E-state index in [4.69, 9.17) is 51.8 Å². The number of aryl methyl sites for hydroxylation is 2. The maximum atomic E-state index is 11.6. The number of benzene rings is 1. The van der Waals surface area contributed by atoms with E-state index in [1.54, 1.807) is 6.92 Å². The predicted octanol–water partition coefficient (Wildman–Crippen LogP) is 4.54. The Bertz CT molecular complexity index is 587. The highest BCUT2D eigenvalue weighted by Gasteiger charge is 2.35. The number of halogens is 3. The van der Waals surface area contributed by atoms with Crippen molar-refractivity contribution in [3.05, 3.63) is 29.3 Å². The summed E-state index contributed by atoms with van der Waals surface area (Å²) in [6.45, 7) is 5.99. The highest BCUT2D eigenvalue weighted by atomic mass is 35.6. The molecule has 1 atom stereocenters. The molecule has 0 spiro atoms. The zero-order chi connectivity index (χ0) is 19.0. The number of thiocarbonyl (C=S) groups is 1. The van der Waals surface area contributed by atoms with E-state index in [1.807, 2.05) is 18.2 Å². The molecule has 3 N–H and O–H groups in total. The van der Waals surface area contributed by atoms with Crippen molar-refractivity contribution in [2.45, 2.75) is 43.6 Å². The van der Waals surface area contributed by atoms with E-state index in [1.165, 1.54) is 0 Å². The van der Waals surface area contributed by atoms with Gasteiger partial charge in [0.2, 0.25) is 3.79 Å². The molecule has 5 nitrogen and oxygen atoms in total. The van der Waals surface area contributed by atoms with Crippen molar-refractivity contribution in [3.8, 4) is 0 Å². The third kappa shape index (κ3) is 7.05. The van der Waals surface area contributed by atoms with Gasteiger partial charge < -0.3 is 15.4 Å². The molecule has 0 aliphatic heterocycles. The summed E-state index contributed by atoms with van der Waals surface area (Å²) in [4.78, 5) is 11.6. The number of carbonyl (C=O) groups excluding carboxylic acids is 1. The Hall–Kier alpha value is -0.950. The maximum absolute atomic E-state index is 11.6. The molecule has 0 aromatic heterocycles. The molecular formula is C16H22Cl3N3O2S. The van der Waals surface area contributed by atoms with Crippen LogP contribution in [0.25, 0.3) is 0 Å². The maximum Gasteiger partial charge on any atom is 0.408 e. The van der Waals surface area contributed by atoms with Gasteiger partial charge in [-0.3, -0.25) is 5.32 Å². The first kappa shape index (κ1) is 22.1. The quantitative estimate of drug-likeness (QED) is 0.354. The Balaban J connectivity index is 2.90. The van der Waals surface area contributed by atoms with Gasteiger partial charge in [0, 0.05) is 5.69 Å². The molecule has 9 heteroatoms. The highest BCUT2D eigenvalue weighted by molar-refractivity contribution is 7.80. The lowest BCUT2D eigenvalue weighted by atomic mass is 10.0. The summed E-state index contributed by atoms with van der Waals surface area (Å²) in [6, 6.07) is 6.05. The number of anilines is 1. The summed E-state index contributed by atoms with van der Waals surface area (Å²) < 4.78 is 2.99. The van der Waals surface area contributed by atoms with E-state index in [9.17, 15) is 4.79 Å². The molecule has 0 saturated heterocycles. The van der Waals surface area contributed by atoms with Gasteiger partial charge in [-0.15, -0.1) is 0 Å². The van der Waals surface area contributed by atoms with Crippen molar-refractivity contribution in [1.82, 2.24) is 10.6 Å². The van der Waals surface area contributed by atoms with Crippen molar-refractivity contribution in [2.75, 3.05) is 11.9 Å². The normalized spacial score (nSPS) is 12.2. The van der Waals surface area contributed by atoms with Gasteiger partial charge in [-0.25, -0.2) is 4.79 Å². The number of nitrogens with one attached hydrogen (secondary N) is 3. The minimum absolute atomic E-state index is 0.199. The molecule has 0 saturated carbocycles. The van der Waals surface area contributed by atoms with Crippen LogP contribution in [-0.4, -0.2) is 27.8 Å². The van der Waals surface area contributed by atoms with Crippen LogP contribution in [0.2, 0.25) is 0 Å². The Kier molecular flexibility index (Phi) is 9.07. The summed E-state index contributed by atoms with van der Waals surface area (Å²) in [5.41, 5.74) is 3.16. The van der Waals surface area contributed by atoms with Crippen LogP contribution in [0.15, 0.2) is 18.2 Å². The number of carbonyl (C=O) groups is 1. The van der Waals surface area contributed by atoms with Gasteiger partial charge in [0.25, 0.3) is 0 Å². The molecule has 0 heterocycles. The van der Waals surface area contributed by atoms with Crippen LogP contribution in [0.5, 0.6) is 0 Å². The van der Waals surface area contributed by atoms with Crippen LogP contribution in [0.1, 0.15) is 31.9 Å². The first-order chi connectivity index (χ1) is 11.7. The SMILES string of the molecule is CCOC(=O)NC(NC(=S)Nc1c(CC)cccc1CC)C(Cl)(Cl)Cl. The number of alkyl carbamates (subject to hydrolysis) is 1. The largest absolute Gasteiger partial charge is 0.450 e. The van der Waals surface area contributed by atoms with Crippen LogP contribution in [0.3, 0.4) is 0 Å². The summed E-state index contributed by atoms with van der Waals surface area (Å²) in [7, 11) is 0. The second kappa shape index (κ2) is 10.3. The first-order valence-corrected chi connectivity index (χ1v) is 9.45. The lowest BCUT2D eigenvalue weighted by Crippen LogP contribution is -2.56. The van der Waals surface area contributed by atoms with E-state index in [-0.39, 0.29) is 11.7 Å². The smallest absolute Gasteiger partial charge is 0.408 e. The molecule has 1 unspecified atom stereocenters. The molecule has 0 fully saturated rings. The van der Waals surface area contributed by atoms with Crippen molar-refractivity contribution >= 4 is 63.9 Å². The van der Waals surface area contributed by atoms with Crippen LogP contribution in [-0.2, 0) is 17.6 Å². The molecule has 25 heavy (non-hydrogen) atoms. The third-order valence-corrected chi connectivity index (χ3v) is 4.25. The van der Waals surface area contributed by atoms with Crippen molar-refractivity contribution in [3.63, 3.8) is 0 Å². The molecule has 1 aromatic rings. The number of hydrogen-bond donors (Lipinski definition) is 3. The van der Waals surface area contributed by atoms with Crippen LogP contribution >= 0.6 is 47.0 Å². The average molecular weight is 427 g/mol. The average Bonchev–Trinajstić information content (AvgIpc) is 2.53. The molecule has 0 aliphatic carbocycles. The molecule has 1 rings (SSSR count). The topological polar surface area (TPSA) is 62.4 Å². The number of hydrogen-bond acceptors (Lipinski definition) is 3. The Morgan fingerprint density at radius 2 is 1.72 bits per heavy atom. The molecular weight excluding hydrogens is 405 g/mol. The standard InChI is InChI=1S/C16H22Cl3N3O2S/c1-4-10-8-7-9-11(5-2)12(10)20-14(25)21-13(16(17,18)19)22-15(23)24-6-3/h7-9,13H,4-6H2,1-3H3,(H,22,23)(H2,20,21,25). The van der Waals surface area contributed by atoms with E-state index >= 15 is 0 Å². The van der Waals surface area contributed by atoms with Crippen LogP contribution < -0.4 is 16.0 Å². The molecule has 0 radical (unpaired) electrons. The van der Waals surface area contributed by atoms with Gasteiger partial charge in [0.1, 0.15) is 0 Å². The molecule has 140 valence electrons. The number of alkyl halides is 3. The second-order valence-corrected chi connectivity index (χ2v) is 7.87. The van der Waals surface area contributed by atoms with Crippen LogP contribution in [0.4, 0.5) is 10.5 Å². The van der Waals surface area contributed by atoms with Gasteiger partial charge in [-0.05, 0) is 43.1 Å². The Labute approximate surface area is 168 Å². The number of amides is 1. The van der Waals surface area contributed by atoms with Gasteiger partial charge in [0.15, 0.2) is 11.3 Å². The monoisotopic (exact) mass is 425 g/mol. The summed E-state index contributed by atoms with van der Waals surface area (Å²) >= 11 is 23.1. The second-order valence-electron chi connectivity index (χ2n) is 5.10. The van der Waals surface area contributed by atoms with Crippen molar-refractivity contribution in [1.29, 1.82) is 0 Å². The van der Waals surface area contributed by atoms with Gasteiger partial charge in [0.05, 0.1) is 6.61 Å². The predicted molar refractivity (Wildman–Crippen MR) is 109 cm³/mol. The van der Waals surface area contributed by atoms with Crippen molar-refractivity contribution in [2.24, 2.45) is 0 Å². The lowest BCUT2D eigenvalue weighted by molar-refractivity contribution is 0.147. The van der Waals surface area contributed by atoms with Crippen LogP contribution in [0, 0.1) is 0 Å². The minimum Gasteiger partial charge on any atom is -0.450 e. The molecule has 1 amide bonds. The van der Waals surface area contributed by atoms with E-state index < -0.39 is 16.1 Å². The van der Waals surface area contributed by atoms with Crippen molar-refractivity contribution < 1.29 is 9.53 Å². The number of ether oxygens (including phenoxy) is 1. The highest BCUT2D eigenvalue weighted by Crippen LogP contribution is 2.29. The Morgan fingerprint density at radius 3 is 2.16 bits per heavy atom. The fraction of sp³-hybridized carbons (Fsp3) is 0.500. The van der Waals surface area contributed by atoms with Gasteiger partial charge >= 0.3 is 6.09 Å². The Morgan fingerprint density at radius 1 is 1.16 bits per heavy atom. The first-order valence-electron chi connectivity index (χ1n) is 7.91. The van der Waals surface area contributed by atoms with E-state index in [2.05, 4.69) is 29.8 Å². The summed E-state index contributed by atoms with van der Waals surface area (Å²) in [5.74, 6) is 0. The van der Waals surface area contributed by atoms with Gasteiger partial charge in [-0.1, -0.05) is 66.8 Å². The fourth-order valence-corrected chi connectivity index (χ4v) is 2.72. The third-order valence-electron chi connectivity index (χ3n) is 3.38. The minimum atomic E-state index is -1.82. The van der Waals surface area contributed by atoms with Gasteiger partial charge in [-0.2, -0.15) is 0 Å². The molecule has 0 aliphatic rings. The molecule has 0 bridgehead atoms. The van der Waals surface area contributed by atoms with E-state index in [0.29, 0.717) is 0 Å². The lowest BCUT2D eigenvalue weighted by Gasteiger charge is -2.28. The van der Waals surface area contributed by atoms with E-state index in [0.717, 1.165) is 29.7 Å². The zero-order valence-corrected chi connectivity index (χ0v) is 17.4. The zero-order valence-electron chi connectivity index (χ0n) is 14.3. The summed E-state index contributed by atoms with van der Waals surface area (Å²) in [6.07, 6.45) is -0.0886. The number of para-hydroxylation sites is 1. The fourth-order valence-electron chi connectivity index (χ4n) is 2.17.